The number of hydrogen-bond donors (Lipinski definition) is 2. The summed E-state index contributed by atoms with van der Waals surface area (Å²) in [6.07, 6.45) is 0. The molecule has 0 heterocycles. The van der Waals surface area contributed by atoms with E-state index in [1.54, 1.807) is 27.7 Å². The van der Waals surface area contributed by atoms with Gasteiger partial charge in [0.25, 0.3) is 0 Å². The van der Waals surface area contributed by atoms with Crippen molar-refractivity contribution in [3.63, 3.8) is 0 Å². The topological polar surface area (TPSA) is 40.5 Å². The van der Waals surface area contributed by atoms with Crippen LogP contribution in [0.4, 0.5) is 0 Å². The van der Waals surface area contributed by atoms with E-state index in [1.807, 2.05) is 36.4 Å². The average Bonchev–Trinajstić information content (AvgIpc) is 2.24. The monoisotopic (exact) mass is 244 g/mol. The number of fused-ring (bicyclic) bond motifs is 1. The van der Waals surface area contributed by atoms with Crippen LogP contribution >= 0.6 is 0 Å². The smallest absolute Gasteiger partial charge is 0.0846 e. The fourth-order valence-electron chi connectivity index (χ4n) is 2.37. The van der Waals surface area contributed by atoms with E-state index < -0.39 is 11.2 Å². The molecule has 0 radical (unpaired) electrons. The Morgan fingerprint density at radius 3 is 1.28 bits per heavy atom. The molecule has 2 N–H and O–H groups in total. The fourth-order valence-corrected chi connectivity index (χ4v) is 2.37. The highest BCUT2D eigenvalue weighted by Gasteiger charge is 2.24. The van der Waals surface area contributed by atoms with Crippen molar-refractivity contribution in [1.82, 2.24) is 0 Å². The molecule has 2 nitrogen and oxygen atoms in total. The van der Waals surface area contributed by atoms with Crippen LogP contribution in [-0.4, -0.2) is 10.2 Å². The summed E-state index contributed by atoms with van der Waals surface area (Å²) in [7, 11) is 0. The van der Waals surface area contributed by atoms with Crippen LogP contribution in [0.15, 0.2) is 36.4 Å². The van der Waals surface area contributed by atoms with Crippen molar-refractivity contribution < 1.29 is 10.2 Å². The fraction of sp³-hybridized carbons (Fsp3) is 0.375. The van der Waals surface area contributed by atoms with E-state index in [-0.39, 0.29) is 0 Å². The zero-order valence-electron chi connectivity index (χ0n) is 11.4. The molecule has 0 spiro atoms. The molecule has 0 bridgehead atoms. The molecule has 0 aliphatic rings. The molecule has 0 aliphatic carbocycles. The van der Waals surface area contributed by atoms with Crippen molar-refractivity contribution in [1.29, 1.82) is 0 Å². The summed E-state index contributed by atoms with van der Waals surface area (Å²) in [6, 6.07) is 11.7. The first kappa shape index (κ1) is 13.1. The van der Waals surface area contributed by atoms with Gasteiger partial charge in [0, 0.05) is 0 Å². The maximum absolute atomic E-state index is 10.2. The Bertz CT molecular complexity index is 519. The lowest BCUT2D eigenvalue weighted by molar-refractivity contribution is 0.0767. The van der Waals surface area contributed by atoms with Gasteiger partial charge in [0.2, 0.25) is 0 Å². The summed E-state index contributed by atoms with van der Waals surface area (Å²) in [5.74, 6) is 0. The molecule has 0 amide bonds. The van der Waals surface area contributed by atoms with Crippen molar-refractivity contribution in [3.05, 3.63) is 47.5 Å². The third-order valence-electron chi connectivity index (χ3n) is 3.24. The van der Waals surface area contributed by atoms with Gasteiger partial charge >= 0.3 is 0 Å². The third kappa shape index (κ3) is 2.26. The van der Waals surface area contributed by atoms with Gasteiger partial charge < -0.3 is 10.2 Å². The molecule has 2 aromatic rings. The molecule has 0 fully saturated rings. The Morgan fingerprint density at radius 2 is 1.00 bits per heavy atom. The van der Waals surface area contributed by atoms with Crippen LogP contribution in [0.3, 0.4) is 0 Å². The molecule has 2 rings (SSSR count). The Hall–Kier alpha value is -1.38. The molecule has 0 aromatic heterocycles. The molecular formula is C16H20O2. The Labute approximate surface area is 108 Å². The van der Waals surface area contributed by atoms with E-state index >= 15 is 0 Å². The highest BCUT2D eigenvalue weighted by molar-refractivity contribution is 5.90. The third-order valence-corrected chi connectivity index (χ3v) is 3.24. The molecule has 0 saturated heterocycles. The lowest BCUT2D eigenvalue weighted by Crippen LogP contribution is -2.19. The van der Waals surface area contributed by atoms with Crippen molar-refractivity contribution in [3.8, 4) is 0 Å². The number of aliphatic hydroxyl groups is 2. The maximum Gasteiger partial charge on any atom is 0.0846 e. The molecule has 0 aliphatic heterocycles. The molecule has 0 atom stereocenters. The van der Waals surface area contributed by atoms with E-state index in [9.17, 15) is 10.2 Å². The van der Waals surface area contributed by atoms with E-state index in [4.69, 9.17) is 0 Å². The number of benzene rings is 2. The molecule has 0 saturated carbocycles. The lowest BCUT2D eigenvalue weighted by Gasteiger charge is -2.25. The van der Waals surface area contributed by atoms with Crippen LogP contribution in [0.2, 0.25) is 0 Å². The SMILES string of the molecule is CC(C)(O)c1ccc(C(C)(C)O)c2ccccc12. The van der Waals surface area contributed by atoms with E-state index in [2.05, 4.69) is 0 Å². The summed E-state index contributed by atoms with van der Waals surface area (Å²) in [5.41, 5.74) is -0.0210. The van der Waals surface area contributed by atoms with E-state index in [0.717, 1.165) is 21.9 Å². The summed E-state index contributed by atoms with van der Waals surface area (Å²) >= 11 is 0. The van der Waals surface area contributed by atoms with Crippen molar-refractivity contribution in [2.75, 3.05) is 0 Å². The molecule has 2 heteroatoms. The largest absolute Gasteiger partial charge is 0.386 e. The van der Waals surface area contributed by atoms with Gasteiger partial charge in [-0.05, 0) is 49.6 Å². The van der Waals surface area contributed by atoms with Gasteiger partial charge in [0.15, 0.2) is 0 Å². The highest BCUT2D eigenvalue weighted by Crippen LogP contribution is 2.34. The molecular weight excluding hydrogens is 224 g/mol. The standard InChI is InChI=1S/C16H20O2/c1-15(2,17)13-9-10-14(16(3,4)18)12-8-6-5-7-11(12)13/h5-10,17-18H,1-4H3. The second-order valence-corrected chi connectivity index (χ2v) is 5.82. The first-order valence-electron chi connectivity index (χ1n) is 6.19. The summed E-state index contributed by atoms with van der Waals surface area (Å²) in [6.45, 7) is 7.11. The van der Waals surface area contributed by atoms with Gasteiger partial charge in [-0.15, -0.1) is 0 Å². The van der Waals surface area contributed by atoms with Crippen LogP contribution in [-0.2, 0) is 11.2 Å². The number of rotatable bonds is 2. The van der Waals surface area contributed by atoms with Crippen molar-refractivity contribution in [2.24, 2.45) is 0 Å². The molecule has 96 valence electrons. The van der Waals surface area contributed by atoms with Crippen LogP contribution in [0, 0.1) is 0 Å². The summed E-state index contributed by atoms with van der Waals surface area (Å²) < 4.78 is 0. The van der Waals surface area contributed by atoms with Gasteiger partial charge in [-0.3, -0.25) is 0 Å². The maximum atomic E-state index is 10.2. The normalized spacial score (nSPS) is 13.0. The van der Waals surface area contributed by atoms with Gasteiger partial charge in [0.1, 0.15) is 0 Å². The van der Waals surface area contributed by atoms with E-state index in [1.165, 1.54) is 0 Å². The minimum Gasteiger partial charge on any atom is -0.386 e. The van der Waals surface area contributed by atoms with Gasteiger partial charge in [-0.1, -0.05) is 36.4 Å². The zero-order valence-corrected chi connectivity index (χ0v) is 11.4. The first-order valence-corrected chi connectivity index (χ1v) is 6.19. The predicted molar refractivity (Wildman–Crippen MR) is 74.4 cm³/mol. The predicted octanol–water partition coefficient (Wildman–Crippen LogP) is 3.29. The summed E-state index contributed by atoms with van der Waals surface area (Å²) in [5, 5.41) is 22.4. The Kier molecular flexibility index (Phi) is 2.96. The molecule has 0 unspecified atom stereocenters. The molecule has 2 aromatic carbocycles. The van der Waals surface area contributed by atoms with Crippen LogP contribution in [0.1, 0.15) is 38.8 Å². The van der Waals surface area contributed by atoms with Crippen molar-refractivity contribution >= 4 is 10.8 Å². The Balaban J connectivity index is 2.83. The van der Waals surface area contributed by atoms with Gasteiger partial charge in [0.05, 0.1) is 11.2 Å². The molecule has 18 heavy (non-hydrogen) atoms. The minimum atomic E-state index is -0.891. The van der Waals surface area contributed by atoms with Gasteiger partial charge in [-0.25, -0.2) is 0 Å². The van der Waals surface area contributed by atoms with Crippen LogP contribution < -0.4 is 0 Å². The highest BCUT2D eigenvalue weighted by atomic mass is 16.3. The van der Waals surface area contributed by atoms with Crippen LogP contribution in [0.25, 0.3) is 10.8 Å². The van der Waals surface area contributed by atoms with Crippen LogP contribution in [0.5, 0.6) is 0 Å². The second-order valence-electron chi connectivity index (χ2n) is 5.82. The second kappa shape index (κ2) is 4.08. The Morgan fingerprint density at radius 1 is 0.667 bits per heavy atom. The summed E-state index contributed by atoms with van der Waals surface area (Å²) in [4.78, 5) is 0. The van der Waals surface area contributed by atoms with E-state index in [0.29, 0.717) is 0 Å². The zero-order chi connectivity index (χ0) is 13.6. The average molecular weight is 244 g/mol. The quantitative estimate of drug-likeness (QED) is 0.851. The number of hydrogen-bond acceptors (Lipinski definition) is 2. The minimum absolute atomic E-state index is 0.881. The lowest BCUT2D eigenvalue weighted by atomic mass is 9.86. The van der Waals surface area contributed by atoms with Gasteiger partial charge in [-0.2, -0.15) is 0 Å². The van der Waals surface area contributed by atoms with Crippen molar-refractivity contribution in [2.45, 2.75) is 38.9 Å². The first-order chi connectivity index (χ1) is 8.21.